The average Bonchev–Trinajstić information content (AvgIpc) is 2.63. The van der Waals surface area contributed by atoms with Crippen molar-refractivity contribution in [3.8, 4) is 0 Å². The summed E-state index contributed by atoms with van der Waals surface area (Å²) in [5.41, 5.74) is 1.57. The highest BCUT2D eigenvalue weighted by Crippen LogP contribution is 2.18. The molecule has 6 heteroatoms. The van der Waals surface area contributed by atoms with Crippen molar-refractivity contribution >= 4 is 29.9 Å². The number of piperidine rings is 1. The summed E-state index contributed by atoms with van der Waals surface area (Å²) in [6.45, 7) is 3.02. The number of hydrogen-bond acceptors (Lipinski definition) is 3. The fourth-order valence-electron chi connectivity index (χ4n) is 3.10. The molecule has 1 fully saturated rings. The van der Waals surface area contributed by atoms with Crippen LogP contribution in [-0.4, -0.2) is 30.4 Å². The Morgan fingerprint density at radius 1 is 1.00 bits per heavy atom. The Hall–Kier alpha value is -2.37. The predicted molar refractivity (Wildman–Crippen MR) is 106 cm³/mol. The van der Waals surface area contributed by atoms with Crippen molar-refractivity contribution in [1.29, 1.82) is 0 Å². The van der Waals surface area contributed by atoms with Gasteiger partial charge in [-0.3, -0.25) is 9.59 Å². The lowest BCUT2D eigenvalue weighted by Gasteiger charge is -2.28. The van der Waals surface area contributed by atoms with Crippen molar-refractivity contribution in [3.63, 3.8) is 0 Å². The largest absolute Gasteiger partial charge is 0.349 e. The van der Waals surface area contributed by atoms with Gasteiger partial charge in [-0.1, -0.05) is 30.3 Å². The third-order valence-corrected chi connectivity index (χ3v) is 4.41. The molecule has 0 radical (unpaired) electrons. The minimum atomic E-state index is -0.226. The molecule has 2 unspecified atom stereocenters. The van der Waals surface area contributed by atoms with E-state index >= 15 is 0 Å². The molecular weight excluding hydrogens is 350 g/mol. The van der Waals surface area contributed by atoms with Gasteiger partial charge in [0, 0.05) is 17.6 Å². The number of hydrogen-bond donors (Lipinski definition) is 3. The van der Waals surface area contributed by atoms with Crippen molar-refractivity contribution in [2.45, 2.75) is 31.8 Å². The summed E-state index contributed by atoms with van der Waals surface area (Å²) in [5, 5.41) is 9.30. The Balaban J connectivity index is 0.00000243. The van der Waals surface area contributed by atoms with Crippen molar-refractivity contribution in [2.24, 2.45) is 0 Å². The van der Waals surface area contributed by atoms with Crippen LogP contribution in [0.25, 0.3) is 0 Å². The molecule has 138 valence electrons. The predicted octanol–water partition coefficient (Wildman–Crippen LogP) is 3.23. The highest BCUT2D eigenvalue weighted by Gasteiger charge is 2.22. The Bertz CT molecular complexity index is 752. The third-order valence-electron chi connectivity index (χ3n) is 4.41. The molecule has 1 heterocycles. The number of benzene rings is 2. The molecule has 1 saturated heterocycles. The SMILES string of the molecule is CC1CC(NC(=O)c2ccccc2NC(=O)c2ccccc2)CCN1.Cl. The van der Waals surface area contributed by atoms with Crippen LogP contribution in [0.5, 0.6) is 0 Å². The van der Waals surface area contributed by atoms with Gasteiger partial charge < -0.3 is 16.0 Å². The standard InChI is InChI=1S/C20H23N3O2.ClH/c1-14-13-16(11-12-21-14)22-20(25)17-9-5-6-10-18(17)23-19(24)15-7-3-2-4-8-15;/h2-10,14,16,21H,11-13H2,1H3,(H,22,25)(H,23,24);1H. The van der Waals surface area contributed by atoms with E-state index in [0.717, 1.165) is 19.4 Å². The van der Waals surface area contributed by atoms with Gasteiger partial charge in [-0.2, -0.15) is 0 Å². The Morgan fingerprint density at radius 2 is 1.69 bits per heavy atom. The zero-order valence-electron chi connectivity index (χ0n) is 14.7. The molecular formula is C20H24ClN3O2. The van der Waals surface area contributed by atoms with Crippen LogP contribution in [0.4, 0.5) is 5.69 Å². The van der Waals surface area contributed by atoms with Crippen molar-refractivity contribution in [3.05, 3.63) is 65.7 Å². The van der Waals surface area contributed by atoms with Gasteiger partial charge in [-0.25, -0.2) is 0 Å². The van der Waals surface area contributed by atoms with E-state index in [1.165, 1.54) is 0 Å². The highest BCUT2D eigenvalue weighted by molar-refractivity contribution is 6.09. The molecule has 5 nitrogen and oxygen atoms in total. The van der Waals surface area contributed by atoms with E-state index in [9.17, 15) is 9.59 Å². The van der Waals surface area contributed by atoms with Crippen LogP contribution >= 0.6 is 12.4 Å². The van der Waals surface area contributed by atoms with Crippen molar-refractivity contribution in [1.82, 2.24) is 10.6 Å². The number of carbonyl (C=O) groups excluding carboxylic acids is 2. The topological polar surface area (TPSA) is 70.2 Å². The lowest BCUT2D eigenvalue weighted by atomic mass is 10.00. The Morgan fingerprint density at radius 3 is 2.42 bits per heavy atom. The van der Waals surface area contributed by atoms with E-state index in [4.69, 9.17) is 0 Å². The van der Waals surface area contributed by atoms with Crippen LogP contribution in [0, 0.1) is 0 Å². The maximum atomic E-state index is 12.7. The van der Waals surface area contributed by atoms with Crippen LogP contribution in [-0.2, 0) is 0 Å². The van der Waals surface area contributed by atoms with E-state index in [-0.39, 0.29) is 30.3 Å². The van der Waals surface area contributed by atoms with Gasteiger partial charge in [0.2, 0.25) is 0 Å². The molecule has 0 spiro atoms. The van der Waals surface area contributed by atoms with E-state index in [1.807, 2.05) is 24.3 Å². The molecule has 3 N–H and O–H groups in total. The average molecular weight is 374 g/mol. The lowest BCUT2D eigenvalue weighted by molar-refractivity contribution is 0.0926. The van der Waals surface area contributed by atoms with Crippen LogP contribution in [0.3, 0.4) is 0 Å². The first kappa shape index (κ1) is 19.9. The quantitative estimate of drug-likeness (QED) is 0.770. The van der Waals surface area contributed by atoms with Crippen LogP contribution < -0.4 is 16.0 Å². The zero-order valence-corrected chi connectivity index (χ0v) is 15.5. The second-order valence-corrected chi connectivity index (χ2v) is 6.42. The third kappa shape index (κ3) is 5.07. The van der Waals surface area contributed by atoms with Gasteiger partial charge in [0.1, 0.15) is 0 Å². The number of para-hydroxylation sites is 1. The summed E-state index contributed by atoms with van der Waals surface area (Å²) in [6, 6.07) is 16.6. The van der Waals surface area contributed by atoms with Gasteiger partial charge in [-0.15, -0.1) is 12.4 Å². The molecule has 2 aromatic carbocycles. The zero-order chi connectivity index (χ0) is 17.6. The minimum absolute atomic E-state index is 0. The maximum absolute atomic E-state index is 12.7. The molecule has 2 amide bonds. The maximum Gasteiger partial charge on any atom is 0.255 e. The molecule has 3 rings (SSSR count). The number of anilines is 1. The normalized spacial score (nSPS) is 19.1. The number of rotatable bonds is 4. The molecule has 1 aliphatic rings. The fraction of sp³-hybridized carbons (Fsp3) is 0.300. The van der Waals surface area contributed by atoms with Gasteiger partial charge in [0.05, 0.1) is 11.3 Å². The summed E-state index contributed by atoms with van der Waals surface area (Å²) in [5.74, 6) is -0.376. The van der Waals surface area contributed by atoms with E-state index in [0.29, 0.717) is 22.9 Å². The van der Waals surface area contributed by atoms with Crippen molar-refractivity contribution < 1.29 is 9.59 Å². The van der Waals surface area contributed by atoms with Gasteiger partial charge in [-0.05, 0) is 50.6 Å². The number of halogens is 1. The first-order valence-electron chi connectivity index (χ1n) is 8.63. The molecule has 0 aliphatic carbocycles. The smallest absolute Gasteiger partial charge is 0.255 e. The summed E-state index contributed by atoms with van der Waals surface area (Å²) in [4.78, 5) is 25.0. The van der Waals surface area contributed by atoms with Gasteiger partial charge in [0.25, 0.3) is 11.8 Å². The van der Waals surface area contributed by atoms with Crippen LogP contribution in [0.15, 0.2) is 54.6 Å². The van der Waals surface area contributed by atoms with Gasteiger partial charge in [0.15, 0.2) is 0 Å². The molecule has 2 aromatic rings. The second-order valence-electron chi connectivity index (χ2n) is 6.42. The van der Waals surface area contributed by atoms with E-state index in [2.05, 4.69) is 22.9 Å². The van der Waals surface area contributed by atoms with E-state index < -0.39 is 0 Å². The molecule has 1 aliphatic heterocycles. The molecule has 0 aromatic heterocycles. The number of amides is 2. The number of carbonyl (C=O) groups is 2. The van der Waals surface area contributed by atoms with Crippen molar-refractivity contribution in [2.75, 3.05) is 11.9 Å². The fourth-order valence-corrected chi connectivity index (χ4v) is 3.10. The van der Waals surface area contributed by atoms with Crippen LogP contribution in [0.2, 0.25) is 0 Å². The first-order valence-corrected chi connectivity index (χ1v) is 8.63. The Kier molecular flexibility index (Phi) is 7.18. The van der Waals surface area contributed by atoms with Crippen LogP contribution in [0.1, 0.15) is 40.5 Å². The summed E-state index contributed by atoms with van der Waals surface area (Å²) in [6.07, 6.45) is 1.82. The monoisotopic (exact) mass is 373 g/mol. The second kappa shape index (κ2) is 9.36. The molecule has 0 saturated carbocycles. The highest BCUT2D eigenvalue weighted by atomic mass is 35.5. The summed E-state index contributed by atoms with van der Waals surface area (Å²) < 4.78 is 0. The summed E-state index contributed by atoms with van der Waals surface area (Å²) in [7, 11) is 0. The molecule has 2 atom stereocenters. The number of nitrogens with one attached hydrogen (secondary N) is 3. The molecule has 26 heavy (non-hydrogen) atoms. The summed E-state index contributed by atoms with van der Waals surface area (Å²) >= 11 is 0. The van der Waals surface area contributed by atoms with Gasteiger partial charge >= 0.3 is 0 Å². The lowest BCUT2D eigenvalue weighted by Crippen LogP contribution is -2.46. The Labute approximate surface area is 160 Å². The minimum Gasteiger partial charge on any atom is -0.349 e. The first-order chi connectivity index (χ1) is 12.1. The van der Waals surface area contributed by atoms with E-state index in [1.54, 1.807) is 30.3 Å². The molecule has 0 bridgehead atoms.